The van der Waals surface area contributed by atoms with Crippen molar-refractivity contribution in [3.63, 3.8) is 0 Å². The summed E-state index contributed by atoms with van der Waals surface area (Å²) in [7, 11) is 0. The highest BCUT2D eigenvalue weighted by molar-refractivity contribution is 5.83. The van der Waals surface area contributed by atoms with E-state index in [1.165, 1.54) is 0 Å². The maximum absolute atomic E-state index is 13.3. The fourth-order valence-corrected chi connectivity index (χ4v) is 1.68. The number of halogens is 2. The van der Waals surface area contributed by atoms with Crippen LogP contribution in [-0.4, -0.2) is 10.8 Å². The van der Waals surface area contributed by atoms with Gasteiger partial charge in [0.1, 0.15) is 17.4 Å². The summed E-state index contributed by atoms with van der Waals surface area (Å²) in [6.07, 6.45) is 3.25. The summed E-state index contributed by atoms with van der Waals surface area (Å²) < 4.78 is 26.3. The quantitative estimate of drug-likeness (QED) is 0.831. The Labute approximate surface area is 103 Å². The smallest absolute Gasteiger partial charge is 0.141 e. The molecule has 0 radical (unpaired) electrons. The van der Waals surface area contributed by atoms with Crippen molar-refractivity contribution in [2.75, 3.05) is 0 Å². The van der Waals surface area contributed by atoms with Crippen LogP contribution in [0.1, 0.15) is 11.1 Å². The lowest BCUT2D eigenvalue weighted by atomic mass is 10.0. The van der Waals surface area contributed by atoms with Gasteiger partial charge in [-0.15, -0.1) is 0 Å². The molecule has 0 aliphatic carbocycles. The van der Waals surface area contributed by atoms with Gasteiger partial charge in [-0.1, -0.05) is 6.07 Å². The molecule has 0 fully saturated rings. The van der Waals surface area contributed by atoms with Gasteiger partial charge in [-0.25, -0.2) is 8.78 Å². The number of carbonyl (C=O) groups excluding carboxylic acids is 1. The predicted molar refractivity (Wildman–Crippen MR) is 63.0 cm³/mol. The van der Waals surface area contributed by atoms with Crippen molar-refractivity contribution >= 4 is 5.78 Å². The molecule has 0 unspecified atom stereocenters. The summed E-state index contributed by atoms with van der Waals surface area (Å²) in [4.78, 5) is 15.6. The average Bonchev–Trinajstić information content (AvgIpc) is 2.35. The molecule has 1 aromatic carbocycles. The van der Waals surface area contributed by atoms with Crippen LogP contribution in [0.5, 0.6) is 0 Å². The number of aromatic nitrogens is 1. The van der Waals surface area contributed by atoms with Crippen molar-refractivity contribution < 1.29 is 13.6 Å². The molecule has 2 rings (SSSR count). The van der Waals surface area contributed by atoms with Crippen LogP contribution in [0.2, 0.25) is 0 Å². The van der Waals surface area contributed by atoms with Gasteiger partial charge < -0.3 is 0 Å². The second kappa shape index (κ2) is 5.49. The Morgan fingerprint density at radius 1 is 1.17 bits per heavy atom. The number of pyridine rings is 1. The molecule has 2 aromatic rings. The lowest BCUT2D eigenvalue weighted by Crippen LogP contribution is -2.08. The number of hydrogen-bond donors (Lipinski definition) is 0. The topological polar surface area (TPSA) is 30.0 Å². The van der Waals surface area contributed by atoms with Gasteiger partial charge in [0.2, 0.25) is 0 Å². The first-order valence-electron chi connectivity index (χ1n) is 5.49. The Bertz CT molecular complexity index is 555. The number of benzene rings is 1. The van der Waals surface area contributed by atoms with Crippen LogP contribution < -0.4 is 0 Å². The van der Waals surface area contributed by atoms with Crippen LogP contribution in [0, 0.1) is 11.6 Å². The summed E-state index contributed by atoms with van der Waals surface area (Å²) in [6, 6.07) is 6.61. The highest BCUT2D eigenvalue weighted by Gasteiger charge is 2.10. The number of Topliss-reactive ketones (excluding diaryl/α,β-unsaturated/α-hetero) is 1. The van der Waals surface area contributed by atoms with Crippen LogP contribution >= 0.6 is 0 Å². The van der Waals surface area contributed by atoms with Crippen LogP contribution in [0.4, 0.5) is 8.78 Å². The third-order valence-corrected chi connectivity index (χ3v) is 2.52. The molecule has 0 atom stereocenters. The van der Waals surface area contributed by atoms with E-state index in [0.29, 0.717) is 0 Å². The van der Waals surface area contributed by atoms with E-state index >= 15 is 0 Å². The van der Waals surface area contributed by atoms with Crippen molar-refractivity contribution in [2.45, 2.75) is 12.8 Å². The Hall–Kier alpha value is -2.10. The minimum absolute atomic E-state index is 0.0869. The molecule has 0 saturated carbocycles. The first-order chi connectivity index (χ1) is 8.65. The second-order valence-electron chi connectivity index (χ2n) is 3.99. The lowest BCUT2D eigenvalue weighted by molar-refractivity contribution is -0.117. The molecule has 2 nitrogen and oxygen atoms in total. The van der Waals surface area contributed by atoms with Crippen LogP contribution in [0.15, 0.2) is 42.7 Å². The molecule has 4 heteroatoms. The van der Waals surface area contributed by atoms with Crippen LogP contribution in [0.3, 0.4) is 0 Å². The van der Waals surface area contributed by atoms with E-state index in [1.807, 2.05) is 0 Å². The normalized spacial score (nSPS) is 10.3. The van der Waals surface area contributed by atoms with Gasteiger partial charge in [-0.3, -0.25) is 9.78 Å². The number of nitrogens with zero attached hydrogens (tertiary/aromatic N) is 1. The fraction of sp³-hybridized carbons (Fsp3) is 0.143. The van der Waals surface area contributed by atoms with E-state index in [9.17, 15) is 13.6 Å². The monoisotopic (exact) mass is 247 g/mol. The molecule has 0 aliphatic heterocycles. The van der Waals surface area contributed by atoms with Crippen molar-refractivity contribution in [3.05, 3.63) is 65.5 Å². The average molecular weight is 247 g/mol. The third-order valence-electron chi connectivity index (χ3n) is 2.52. The van der Waals surface area contributed by atoms with Gasteiger partial charge in [0.15, 0.2) is 0 Å². The van der Waals surface area contributed by atoms with E-state index in [0.717, 1.165) is 23.8 Å². The molecule has 1 aromatic heterocycles. The molecule has 1 heterocycles. The number of hydrogen-bond acceptors (Lipinski definition) is 2. The summed E-state index contributed by atoms with van der Waals surface area (Å²) in [5.41, 5.74) is 0.850. The van der Waals surface area contributed by atoms with Gasteiger partial charge >= 0.3 is 0 Å². The largest absolute Gasteiger partial charge is 0.299 e. The van der Waals surface area contributed by atoms with Gasteiger partial charge in [0.05, 0.1) is 0 Å². The Balaban J connectivity index is 2.05. The fourth-order valence-electron chi connectivity index (χ4n) is 1.68. The molecule has 0 spiro atoms. The van der Waals surface area contributed by atoms with Crippen molar-refractivity contribution in [2.24, 2.45) is 0 Å². The van der Waals surface area contributed by atoms with Gasteiger partial charge in [0, 0.05) is 25.2 Å². The zero-order valence-electron chi connectivity index (χ0n) is 9.57. The molecular formula is C14H11F2NO. The predicted octanol–water partition coefficient (Wildman–Crippen LogP) is 2.71. The van der Waals surface area contributed by atoms with E-state index in [-0.39, 0.29) is 24.2 Å². The number of carbonyl (C=O) groups is 1. The van der Waals surface area contributed by atoms with Crippen molar-refractivity contribution in [1.29, 1.82) is 0 Å². The van der Waals surface area contributed by atoms with Crippen molar-refractivity contribution in [3.8, 4) is 0 Å². The Morgan fingerprint density at radius 3 is 2.72 bits per heavy atom. The van der Waals surface area contributed by atoms with Crippen LogP contribution in [0.25, 0.3) is 0 Å². The molecule has 0 saturated heterocycles. The molecule has 92 valence electrons. The summed E-state index contributed by atoms with van der Waals surface area (Å²) >= 11 is 0. The maximum atomic E-state index is 13.3. The van der Waals surface area contributed by atoms with Gasteiger partial charge in [-0.2, -0.15) is 0 Å². The molecule has 0 N–H and O–H groups in total. The number of ketones is 1. The van der Waals surface area contributed by atoms with E-state index in [1.54, 1.807) is 24.5 Å². The maximum Gasteiger partial charge on any atom is 0.141 e. The minimum atomic E-state index is -0.559. The Kier molecular flexibility index (Phi) is 3.77. The molecule has 0 aliphatic rings. The van der Waals surface area contributed by atoms with Gasteiger partial charge in [-0.05, 0) is 35.4 Å². The zero-order chi connectivity index (χ0) is 13.0. The summed E-state index contributed by atoms with van der Waals surface area (Å²) in [5, 5.41) is 0. The highest BCUT2D eigenvalue weighted by Crippen LogP contribution is 2.11. The first-order valence-corrected chi connectivity index (χ1v) is 5.49. The SMILES string of the molecule is O=C(Cc1cccnc1)Cc1cc(F)ccc1F. The van der Waals surface area contributed by atoms with E-state index in [2.05, 4.69) is 4.98 Å². The Morgan fingerprint density at radius 2 is 2.00 bits per heavy atom. The van der Waals surface area contributed by atoms with Crippen molar-refractivity contribution in [1.82, 2.24) is 4.98 Å². The second-order valence-corrected chi connectivity index (χ2v) is 3.99. The standard InChI is InChI=1S/C14H11F2NO/c15-12-3-4-14(16)11(7-12)8-13(18)6-10-2-1-5-17-9-10/h1-5,7,9H,6,8H2. The van der Waals surface area contributed by atoms with E-state index < -0.39 is 11.6 Å². The molecule has 0 amide bonds. The zero-order valence-corrected chi connectivity index (χ0v) is 9.57. The lowest BCUT2D eigenvalue weighted by Gasteiger charge is -2.03. The minimum Gasteiger partial charge on any atom is -0.299 e. The molecule has 0 bridgehead atoms. The number of rotatable bonds is 4. The van der Waals surface area contributed by atoms with E-state index in [4.69, 9.17) is 0 Å². The summed E-state index contributed by atoms with van der Waals surface area (Å²) in [5.74, 6) is -1.27. The molecular weight excluding hydrogens is 236 g/mol. The first kappa shape index (κ1) is 12.4. The highest BCUT2D eigenvalue weighted by atomic mass is 19.1. The molecule has 18 heavy (non-hydrogen) atoms. The summed E-state index contributed by atoms with van der Waals surface area (Å²) in [6.45, 7) is 0. The van der Waals surface area contributed by atoms with Crippen LogP contribution in [-0.2, 0) is 17.6 Å². The van der Waals surface area contributed by atoms with Gasteiger partial charge in [0.25, 0.3) is 0 Å². The third kappa shape index (κ3) is 3.20.